The summed E-state index contributed by atoms with van der Waals surface area (Å²) in [5.74, 6) is 1.37. The first kappa shape index (κ1) is 19.5. The lowest BCUT2D eigenvalue weighted by atomic mass is 10.1. The van der Waals surface area contributed by atoms with Gasteiger partial charge in [0.05, 0.1) is 12.4 Å². The standard InChI is InChI=1S/C20H22Cl2N4O2/c21-19-13(7-17(9-25-19)27-11-15-3-5-23-15)1-2-14-8-18(10-26-20(14)22)28-12-16-4-6-24-16/h1-2,7-10,15-16,23-24H,3-6,11-12H2/b2-1-. The minimum Gasteiger partial charge on any atom is -0.490 e. The van der Waals surface area contributed by atoms with E-state index in [1.54, 1.807) is 12.4 Å². The first-order valence-corrected chi connectivity index (χ1v) is 10.1. The van der Waals surface area contributed by atoms with Crippen molar-refractivity contribution in [1.82, 2.24) is 20.6 Å². The van der Waals surface area contributed by atoms with Crippen LogP contribution >= 0.6 is 23.2 Å². The van der Waals surface area contributed by atoms with Crippen LogP contribution < -0.4 is 20.1 Å². The molecule has 2 saturated heterocycles. The maximum atomic E-state index is 6.23. The van der Waals surface area contributed by atoms with Crippen molar-refractivity contribution in [2.24, 2.45) is 0 Å². The molecular formula is C20H22Cl2N4O2. The summed E-state index contributed by atoms with van der Waals surface area (Å²) in [6, 6.07) is 4.57. The molecule has 4 heterocycles. The first-order valence-electron chi connectivity index (χ1n) is 9.39. The molecule has 2 atom stereocenters. The van der Waals surface area contributed by atoms with Gasteiger partial charge in [-0.15, -0.1) is 0 Å². The Morgan fingerprint density at radius 3 is 1.64 bits per heavy atom. The quantitative estimate of drug-likeness (QED) is 0.637. The first-order chi connectivity index (χ1) is 13.7. The lowest BCUT2D eigenvalue weighted by Gasteiger charge is -2.27. The number of hydrogen-bond acceptors (Lipinski definition) is 6. The number of aromatic nitrogens is 2. The van der Waals surface area contributed by atoms with Crippen LogP contribution in [0.3, 0.4) is 0 Å². The summed E-state index contributed by atoms with van der Waals surface area (Å²) < 4.78 is 11.6. The Kier molecular flexibility index (Phi) is 6.32. The van der Waals surface area contributed by atoms with Crippen molar-refractivity contribution < 1.29 is 9.47 Å². The zero-order chi connectivity index (χ0) is 19.3. The van der Waals surface area contributed by atoms with Crippen molar-refractivity contribution in [2.75, 3.05) is 26.3 Å². The number of halogens is 2. The van der Waals surface area contributed by atoms with Crippen molar-refractivity contribution >= 4 is 35.4 Å². The highest BCUT2D eigenvalue weighted by atomic mass is 35.5. The van der Waals surface area contributed by atoms with Gasteiger partial charge < -0.3 is 20.1 Å². The highest BCUT2D eigenvalue weighted by Gasteiger charge is 2.17. The summed E-state index contributed by atoms with van der Waals surface area (Å²) in [6.45, 7) is 3.35. The Morgan fingerprint density at radius 2 is 1.29 bits per heavy atom. The molecule has 0 spiro atoms. The maximum Gasteiger partial charge on any atom is 0.138 e. The third kappa shape index (κ3) is 4.94. The average Bonchev–Trinajstić information content (AvgIpc) is 2.61. The third-order valence-electron chi connectivity index (χ3n) is 4.88. The number of nitrogens with one attached hydrogen (secondary N) is 2. The van der Waals surface area contributed by atoms with Gasteiger partial charge in [0.15, 0.2) is 0 Å². The Balaban J connectivity index is 1.43. The Bertz CT molecular complexity index is 785. The molecule has 2 aromatic rings. The van der Waals surface area contributed by atoms with E-state index in [9.17, 15) is 0 Å². The van der Waals surface area contributed by atoms with Gasteiger partial charge in [-0.25, -0.2) is 9.97 Å². The van der Waals surface area contributed by atoms with Crippen LogP contribution in [0.15, 0.2) is 24.5 Å². The van der Waals surface area contributed by atoms with Gasteiger partial charge in [-0.2, -0.15) is 0 Å². The molecule has 2 aliphatic rings. The molecule has 2 N–H and O–H groups in total. The minimum atomic E-state index is 0.401. The van der Waals surface area contributed by atoms with Gasteiger partial charge >= 0.3 is 0 Å². The van der Waals surface area contributed by atoms with Gasteiger partial charge in [0.2, 0.25) is 0 Å². The van der Waals surface area contributed by atoms with Crippen LogP contribution in [-0.4, -0.2) is 48.4 Å². The topological polar surface area (TPSA) is 68.3 Å². The van der Waals surface area contributed by atoms with Gasteiger partial charge in [0, 0.05) is 23.2 Å². The second kappa shape index (κ2) is 9.09. The molecule has 0 saturated carbocycles. The molecule has 4 rings (SSSR count). The van der Waals surface area contributed by atoms with E-state index in [4.69, 9.17) is 32.7 Å². The van der Waals surface area contributed by atoms with E-state index in [1.807, 2.05) is 24.3 Å². The van der Waals surface area contributed by atoms with Crippen LogP contribution in [0.5, 0.6) is 11.5 Å². The Hall–Kier alpha value is -1.86. The second-order valence-electron chi connectivity index (χ2n) is 6.94. The summed E-state index contributed by atoms with van der Waals surface area (Å²) in [5, 5.41) is 7.40. The third-order valence-corrected chi connectivity index (χ3v) is 5.51. The largest absolute Gasteiger partial charge is 0.490 e. The predicted molar refractivity (Wildman–Crippen MR) is 111 cm³/mol. The fourth-order valence-corrected chi connectivity index (χ4v) is 3.17. The van der Waals surface area contributed by atoms with Crippen molar-refractivity contribution in [1.29, 1.82) is 0 Å². The molecule has 2 aromatic heterocycles. The predicted octanol–water partition coefficient (Wildman–Crippen LogP) is 3.44. The van der Waals surface area contributed by atoms with E-state index in [0.717, 1.165) is 37.1 Å². The van der Waals surface area contributed by atoms with E-state index in [1.165, 1.54) is 0 Å². The fraction of sp³-hybridized carbons (Fsp3) is 0.400. The molecule has 0 aliphatic carbocycles. The van der Waals surface area contributed by atoms with Crippen molar-refractivity contribution in [3.8, 4) is 11.5 Å². The Labute approximate surface area is 174 Å². The molecule has 0 bridgehead atoms. The molecule has 0 radical (unpaired) electrons. The van der Waals surface area contributed by atoms with Crippen molar-refractivity contribution in [3.05, 3.63) is 46.0 Å². The van der Waals surface area contributed by atoms with Gasteiger partial charge in [-0.3, -0.25) is 0 Å². The summed E-state index contributed by atoms with van der Waals surface area (Å²) >= 11 is 12.5. The van der Waals surface area contributed by atoms with E-state index in [2.05, 4.69) is 20.6 Å². The number of rotatable bonds is 8. The van der Waals surface area contributed by atoms with Crippen LogP contribution in [-0.2, 0) is 0 Å². The number of ether oxygens (including phenoxy) is 2. The summed E-state index contributed by atoms with van der Waals surface area (Å²) in [7, 11) is 0. The van der Waals surface area contributed by atoms with E-state index >= 15 is 0 Å². The van der Waals surface area contributed by atoms with Crippen LogP contribution in [0, 0.1) is 0 Å². The minimum absolute atomic E-state index is 0.401. The number of nitrogens with zero attached hydrogens (tertiary/aromatic N) is 2. The molecule has 148 valence electrons. The summed E-state index contributed by atoms with van der Waals surface area (Å²) in [6.07, 6.45) is 9.24. The van der Waals surface area contributed by atoms with E-state index in [-0.39, 0.29) is 0 Å². The molecular weight excluding hydrogens is 399 g/mol. The SMILES string of the molecule is Clc1ncc(OCC2CCN2)cc1/C=C\c1cc(OCC2CCN2)cnc1Cl. The Morgan fingerprint density at radius 1 is 0.857 bits per heavy atom. The maximum absolute atomic E-state index is 6.23. The lowest BCUT2D eigenvalue weighted by Crippen LogP contribution is -2.46. The van der Waals surface area contributed by atoms with Gasteiger partial charge in [0.25, 0.3) is 0 Å². The summed E-state index contributed by atoms with van der Waals surface area (Å²) in [4.78, 5) is 8.41. The van der Waals surface area contributed by atoms with Crippen LogP contribution in [0.2, 0.25) is 10.3 Å². The normalized spacial score (nSPS) is 21.2. The van der Waals surface area contributed by atoms with E-state index in [0.29, 0.717) is 47.1 Å². The van der Waals surface area contributed by atoms with Crippen LogP contribution in [0.1, 0.15) is 24.0 Å². The lowest BCUT2D eigenvalue weighted by molar-refractivity contribution is 0.217. The molecule has 0 amide bonds. The molecule has 2 fully saturated rings. The molecule has 6 nitrogen and oxygen atoms in total. The van der Waals surface area contributed by atoms with Gasteiger partial charge in [-0.1, -0.05) is 35.4 Å². The molecule has 0 aromatic carbocycles. The number of hydrogen-bond donors (Lipinski definition) is 2. The van der Waals surface area contributed by atoms with Crippen molar-refractivity contribution in [3.63, 3.8) is 0 Å². The molecule has 8 heteroatoms. The fourth-order valence-electron chi connectivity index (χ4n) is 2.84. The van der Waals surface area contributed by atoms with Crippen molar-refractivity contribution in [2.45, 2.75) is 24.9 Å². The highest BCUT2D eigenvalue weighted by Crippen LogP contribution is 2.25. The monoisotopic (exact) mass is 420 g/mol. The number of pyridine rings is 2. The van der Waals surface area contributed by atoms with E-state index < -0.39 is 0 Å². The molecule has 28 heavy (non-hydrogen) atoms. The second-order valence-corrected chi connectivity index (χ2v) is 7.65. The van der Waals surface area contributed by atoms with Crippen LogP contribution in [0.25, 0.3) is 12.2 Å². The molecule has 2 aliphatic heterocycles. The zero-order valence-electron chi connectivity index (χ0n) is 15.3. The van der Waals surface area contributed by atoms with Gasteiger partial charge in [-0.05, 0) is 38.1 Å². The average molecular weight is 421 g/mol. The highest BCUT2D eigenvalue weighted by molar-refractivity contribution is 6.31. The van der Waals surface area contributed by atoms with Gasteiger partial charge in [0.1, 0.15) is 35.0 Å². The zero-order valence-corrected chi connectivity index (χ0v) is 16.8. The summed E-state index contributed by atoms with van der Waals surface area (Å²) in [5.41, 5.74) is 1.50. The smallest absolute Gasteiger partial charge is 0.138 e. The van der Waals surface area contributed by atoms with Crippen LogP contribution in [0.4, 0.5) is 0 Å². The molecule has 2 unspecified atom stereocenters.